The Bertz CT molecular complexity index is 972. The van der Waals surface area contributed by atoms with Crippen molar-refractivity contribution in [3.8, 4) is 0 Å². The predicted octanol–water partition coefficient (Wildman–Crippen LogP) is 4.14. The highest BCUT2D eigenvalue weighted by Crippen LogP contribution is 2.40. The number of aryl methyl sites for hydroxylation is 1. The van der Waals surface area contributed by atoms with E-state index in [1.807, 2.05) is 12.1 Å². The average Bonchev–Trinajstić information content (AvgIpc) is 3.38. The van der Waals surface area contributed by atoms with E-state index < -0.39 is 0 Å². The molecule has 1 aliphatic rings. The fourth-order valence-electron chi connectivity index (χ4n) is 3.10. The molecule has 0 bridgehead atoms. The van der Waals surface area contributed by atoms with Crippen molar-refractivity contribution >= 4 is 22.7 Å². The molecule has 6 heteroatoms. The van der Waals surface area contributed by atoms with Crippen LogP contribution in [0.15, 0.2) is 38.6 Å². The predicted molar refractivity (Wildman–Crippen MR) is 99.1 cm³/mol. The topological polar surface area (TPSA) is 60.9 Å². The lowest BCUT2D eigenvalue weighted by Crippen LogP contribution is -2.03. The summed E-state index contributed by atoms with van der Waals surface area (Å²) in [7, 11) is 0. The van der Waals surface area contributed by atoms with E-state index in [0.717, 1.165) is 34.9 Å². The van der Waals surface area contributed by atoms with Gasteiger partial charge in [-0.25, -0.2) is 4.79 Å². The molecule has 0 N–H and O–H groups in total. The zero-order chi connectivity index (χ0) is 17.4. The van der Waals surface area contributed by atoms with Crippen LogP contribution in [0.25, 0.3) is 11.0 Å². The minimum absolute atomic E-state index is 0.299. The molecule has 5 nitrogen and oxygen atoms in total. The van der Waals surface area contributed by atoms with Crippen molar-refractivity contribution in [2.45, 2.75) is 56.5 Å². The first-order valence-corrected chi connectivity index (χ1v) is 9.79. The number of aromatic nitrogens is 3. The molecular weight excluding hydrogens is 334 g/mol. The Balaban J connectivity index is 1.64. The van der Waals surface area contributed by atoms with Crippen LogP contribution in [0.4, 0.5) is 0 Å². The summed E-state index contributed by atoms with van der Waals surface area (Å²) >= 11 is 1.63. The summed E-state index contributed by atoms with van der Waals surface area (Å²) in [5.74, 6) is 2.37. The molecule has 0 saturated heterocycles. The molecule has 0 aliphatic heterocycles. The second-order valence-corrected chi connectivity index (χ2v) is 7.37. The van der Waals surface area contributed by atoms with Crippen molar-refractivity contribution in [3.05, 3.63) is 51.6 Å². The molecule has 2 heterocycles. The number of hydrogen-bond donors (Lipinski definition) is 0. The van der Waals surface area contributed by atoms with Crippen LogP contribution in [0, 0.1) is 0 Å². The lowest BCUT2D eigenvalue weighted by Gasteiger charge is -2.08. The number of thioether (sulfide) groups is 1. The van der Waals surface area contributed by atoms with Gasteiger partial charge in [-0.05, 0) is 43.4 Å². The van der Waals surface area contributed by atoms with E-state index in [2.05, 4.69) is 34.7 Å². The maximum atomic E-state index is 11.9. The normalized spacial score (nSPS) is 14.3. The highest BCUT2D eigenvalue weighted by Gasteiger charge is 2.29. The van der Waals surface area contributed by atoms with Gasteiger partial charge in [-0.2, -0.15) is 0 Å². The Labute approximate surface area is 150 Å². The molecule has 1 fully saturated rings. The summed E-state index contributed by atoms with van der Waals surface area (Å²) in [4.78, 5) is 11.9. The highest BCUT2D eigenvalue weighted by molar-refractivity contribution is 7.98. The molecule has 0 unspecified atom stereocenters. The summed E-state index contributed by atoms with van der Waals surface area (Å²) in [6, 6.07) is 7.70. The number of fused-ring (bicyclic) bond motifs is 1. The van der Waals surface area contributed by atoms with Crippen LogP contribution in [-0.4, -0.2) is 14.8 Å². The standard InChI is InChI=1S/C19H21N3O2S/c1-3-12-5-8-15-14(10-17(23)24-16(15)9-12)11-25-19-21-20-18(13-6-7-13)22(19)4-2/h5,8-10,13H,3-4,6-7,11H2,1-2H3. The van der Waals surface area contributed by atoms with Gasteiger partial charge in [-0.3, -0.25) is 0 Å². The summed E-state index contributed by atoms with van der Waals surface area (Å²) in [5, 5.41) is 10.7. The Morgan fingerprint density at radius 2 is 2.08 bits per heavy atom. The lowest BCUT2D eigenvalue weighted by atomic mass is 10.1. The van der Waals surface area contributed by atoms with Gasteiger partial charge in [-0.1, -0.05) is 30.8 Å². The number of rotatable bonds is 6. The third-order valence-corrected chi connectivity index (χ3v) is 5.68. The zero-order valence-electron chi connectivity index (χ0n) is 14.5. The smallest absolute Gasteiger partial charge is 0.336 e. The molecule has 25 heavy (non-hydrogen) atoms. The van der Waals surface area contributed by atoms with Crippen molar-refractivity contribution in [1.29, 1.82) is 0 Å². The van der Waals surface area contributed by atoms with Gasteiger partial charge in [0.05, 0.1) is 0 Å². The summed E-state index contributed by atoms with van der Waals surface area (Å²) in [5.41, 5.74) is 2.52. The molecule has 1 aromatic carbocycles. The van der Waals surface area contributed by atoms with E-state index >= 15 is 0 Å². The monoisotopic (exact) mass is 355 g/mol. The van der Waals surface area contributed by atoms with Gasteiger partial charge >= 0.3 is 5.63 Å². The van der Waals surface area contributed by atoms with Gasteiger partial charge in [0.1, 0.15) is 11.4 Å². The SMILES string of the molecule is CCc1ccc2c(CSc3nnc(C4CC4)n3CC)cc(=O)oc2c1. The zero-order valence-corrected chi connectivity index (χ0v) is 15.3. The van der Waals surface area contributed by atoms with Gasteiger partial charge in [-0.15, -0.1) is 10.2 Å². The van der Waals surface area contributed by atoms with E-state index in [1.54, 1.807) is 17.8 Å². The van der Waals surface area contributed by atoms with Gasteiger partial charge in [0.15, 0.2) is 5.16 Å². The van der Waals surface area contributed by atoms with Gasteiger partial charge in [0.2, 0.25) is 0 Å². The van der Waals surface area contributed by atoms with E-state index in [4.69, 9.17) is 4.42 Å². The van der Waals surface area contributed by atoms with Crippen LogP contribution >= 0.6 is 11.8 Å². The van der Waals surface area contributed by atoms with Crippen LogP contribution < -0.4 is 5.63 Å². The summed E-state index contributed by atoms with van der Waals surface area (Å²) in [6.07, 6.45) is 3.35. The van der Waals surface area contributed by atoms with E-state index in [-0.39, 0.29) is 5.63 Å². The van der Waals surface area contributed by atoms with Gasteiger partial charge in [0.25, 0.3) is 0 Å². The molecule has 0 spiro atoms. The fourth-order valence-corrected chi connectivity index (χ4v) is 4.10. The maximum Gasteiger partial charge on any atom is 0.336 e. The first kappa shape index (κ1) is 16.4. The minimum atomic E-state index is -0.299. The largest absolute Gasteiger partial charge is 0.423 e. The molecule has 0 radical (unpaired) electrons. The molecule has 3 aromatic rings. The van der Waals surface area contributed by atoms with E-state index in [9.17, 15) is 4.79 Å². The molecule has 1 aliphatic carbocycles. The Morgan fingerprint density at radius 1 is 1.24 bits per heavy atom. The second kappa shape index (κ2) is 6.67. The van der Waals surface area contributed by atoms with E-state index in [1.165, 1.54) is 18.4 Å². The Kier molecular flexibility index (Phi) is 4.37. The van der Waals surface area contributed by atoms with E-state index in [0.29, 0.717) is 17.3 Å². The van der Waals surface area contributed by atoms with Crippen molar-refractivity contribution in [2.24, 2.45) is 0 Å². The van der Waals surface area contributed by atoms with Crippen LogP contribution in [-0.2, 0) is 18.7 Å². The third kappa shape index (κ3) is 3.23. The molecule has 4 rings (SSSR count). The Hall–Kier alpha value is -2.08. The quantitative estimate of drug-likeness (QED) is 0.491. The molecule has 0 atom stereocenters. The van der Waals surface area contributed by atoms with Crippen LogP contribution in [0.5, 0.6) is 0 Å². The van der Waals surface area contributed by atoms with Crippen molar-refractivity contribution in [2.75, 3.05) is 0 Å². The van der Waals surface area contributed by atoms with Crippen molar-refractivity contribution < 1.29 is 4.42 Å². The van der Waals surface area contributed by atoms with Crippen molar-refractivity contribution in [3.63, 3.8) is 0 Å². The molecule has 1 saturated carbocycles. The van der Waals surface area contributed by atoms with Crippen molar-refractivity contribution in [1.82, 2.24) is 14.8 Å². The first-order valence-electron chi connectivity index (χ1n) is 8.81. The Morgan fingerprint density at radius 3 is 2.80 bits per heavy atom. The lowest BCUT2D eigenvalue weighted by molar-refractivity contribution is 0.559. The number of benzene rings is 1. The minimum Gasteiger partial charge on any atom is -0.423 e. The van der Waals surface area contributed by atoms with Gasteiger partial charge < -0.3 is 8.98 Å². The second-order valence-electron chi connectivity index (χ2n) is 6.42. The van der Waals surface area contributed by atoms with Gasteiger partial charge in [0, 0.05) is 29.7 Å². The summed E-state index contributed by atoms with van der Waals surface area (Å²) in [6.45, 7) is 5.09. The molecule has 130 valence electrons. The summed E-state index contributed by atoms with van der Waals surface area (Å²) < 4.78 is 7.59. The van der Waals surface area contributed by atoms with Crippen LogP contribution in [0.2, 0.25) is 0 Å². The van der Waals surface area contributed by atoms with Crippen LogP contribution in [0.3, 0.4) is 0 Å². The first-order chi connectivity index (χ1) is 12.2. The molecule has 2 aromatic heterocycles. The fraction of sp³-hybridized carbons (Fsp3) is 0.421. The molecule has 0 amide bonds. The molecular formula is C19H21N3O2S. The maximum absolute atomic E-state index is 11.9. The highest BCUT2D eigenvalue weighted by atomic mass is 32.2. The number of hydrogen-bond acceptors (Lipinski definition) is 5. The number of nitrogens with zero attached hydrogens (tertiary/aromatic N) is 3. The van der Waals surface area contributed by atoms with Crippen LogP contribution in [0.1, 0.15) is 49.6 Å². The third-order valence-electron chi connectivity index (χ3n) is 4.66. The average molecular weight is 355 g/mol.